The van der Waals surface area contributed by atoms with Crippen LogP contribution in [-0.4, -0.2) is 42.3 Å². The number of carboxylic acids is 1. The molecule has 0 fully saturated rings. The molecule has 1 aliphatic rings. The maximum atomic E-state index is 12.6. The first-order chi connectivity index (χ1) is 15.2. The summed E-state index contributed by atoms with van der Waals surface area (Å²) in [6, 6.07) is 15.8. The SMILES string of the molecule is CC(C)(C)C(CC(=O)NCCC(=O)O)NC(=O)OCC1c2ccccc2-c2ccccc21. The summed E-state index contributed by atoms with van der Waals surface area (Å²) in [5, 5.41) is 14.1. The lowest BCUT2D eigenvalue weighted by atomic mass is 9.84. The van der Waals surface area contributed by atoms with E-state index in [2.05, 4.69) is 34.9 Å². The topological polar surface area (TPSA) is 105 Å². The third-order valence-electron chi connectivity index (χ3n) is 5.73. The Kier molecular flexibility index (Phi) is 7.18. The number of ether oxygens (including phenoxy) is 1. The van der Waals surface area contributed by atoms with Crippen LogP contribution in [0, 0.1) is 5.41 Å². The Balaban J connectivity index is 1.61. The molecule has 0 saturated heterocycles. The molecular weight excluding hydrogens is 408 g/mol. The summed E-state index contributed by atoms with van der Waals surface area (Å²) in [6.45, 7) is 6.02. The minimum absolute atomic E-state index is 0.0350. The van der Waals surface area contributed by atoms with Crippen LogP contribution in [0.2, 0.25) is 0 Å². The number of carboxylic acid groups (broad SMARTS) is 1. The van der Waals surface area contributed by atoms with Crippen LogP contribution in [0.25, 0.3) is 11.1 Å². The van der Waals surface area contributed by atoms with Crippen LogP contribution in [0.5, 0.6) is 0 Å². The van der Waals surface area contributed by atoms with Gasteiger partial charge in [-0.2, -0.15) is 0 Å². The number of benzene rings is 2. The number of fused-ring (bicyclic) bond motifs is 3. The zero-order valence-electron chi connectivity index (χ0n) is 18.7. The molecule has 3 N–H and O–H groups in total. The third kappa shape index (κ3) is 5.66. The Hall–Kier alpha value is -3.35. The van der Waals surface area contributed by atoms with Gasteiger partial charge in [0.15, 0.2) is 0 Å². The predicted molar refractivity (Wildman–Crippen MR) is 121 cm³/mol. The minimum atomic E-state index is -0.977. The Labute approximate surface area is 188 Å². The summed E-state index contributed by atoms with van der Waals surface area (Å²) in [5.41, 5.74) is 4.18. The van der Waals surface area contributed by atoms with E-state index < -0.39 is 23.5 Å². The summed E-state index contributed by atoms with van der Waals surface area (Å²) >= 11 is 0. The number of hydrogen-bond donors (Lipinski definition) is 3. The summed E-state index contributed by atoms with van der Waals surface area (Å²) < 4.78 is 5.60. The van der Waals surface area contributed by atoms with Crippen molar-refractivity contribution in [3.05, 3.63) is 59.7 Å². The third-order valence-corrected chi connectivity index (χ3v) is 5.73. The second-order valence-electron chi connectivity index (χ2n) is 9.09. The van der Waals surface area contributed by atoms with Crippen molar-refractivity contribution in [2.45, 2.75) is 45.6 Å². The molecule has 2 aromatic carbocycles. The normalized spacial score (nSPS) is 13.6. The van der Waals surface area contributed by atoms with Gasteiger partial charge < -0.3 is 20.5 Å². The summed E-state index contributed by atoms with van der Waals surface area (Å²) in [7, 11) is 0. The van der Waals surface area contributed by atoms with Crippen LogP contribution in [0.15, 0.2) is 48.5 Å². The fourth-order valence-corrected chi connectivity index (χ4v) is 3.92. The van der Waals surface area contributed by atoms with E-state index in [1.807, 2.05) is 45.0 Å². The molecule has 1 unspecified atom stereocenters. The van der Waals surface area contributed by atoms with E-state index in [-0.39, 0.29) is 37.8 Å². The molecule has 0 bridgehead atoms. The van der Waals surface area contributed by atoms with Gasteiger partial charge in [-0.3, -0.25) is 9.59 Å². The van der Waals surface area contributed by atoms with E-state index in [0.717, 1.165) is 22.3 Å². The van der Waals surface area contributed by atoms with E-state index in [1.54, 1.807) is 0 Å². The number of aliphatic carboxylic acids is 1. The average molecular weight is 439 g/mol. The lowest BCUT2D eigenvalue weighted by Crippen LogP contribution is -2.47. The summed E-state index contributed by atoms with van der Waals surface area (Å²) in [5.74, 6) is -1.33. The van der Waals surface area contributed by atoms with Gasteiger partial charge in [0.05, 0.1) is 6.42 Å². The molecule has 0 heterocycles. The van der Waals surface area contributed by atoms with Crippen molar-refractivity contribution in [3.8, 4) is 11.1 Å². The van der Waals surface area contributed by atoms with E-state index in [1.165, 1.54) is 0 Å². The summed E-state index contributed by atoms with van der Waals surface area (Å²) in [4.78, 5) is 35.4. The standard InChI is InChI=1S/C25H30N2O5/c1-25(2,3)21(14-22(28)26-13-12-23(29)30)27-24(31)32-15-20-18-10-6-4-8-16(18)17-9-5-7-11-19(17)20/h4-11,20-21H,12-15H2,1-3H3,(H,26,28)(H,27,31)(H,29,30). The number of hydrogen-bond acceptors (Lipinski definition) is 4. The van der Waals surface area contributed by atoms with Gasteiger partial charge in [0.2, 0.25) is 5.91 Å². The number of carbonyl (C=O) groups excluding carboxylic acids is 2. The van der Waals surface area contributed by atoms with Gasteiger partial charge >= 0.3 is 12.1 Å². The largest absolute Gasteiger partial charge is 0.481 e. The average Bonchev–Trinajstić information content (AvgIpc) is 3.05. The van der Waals surface area contributed by atoms with Gasteiger partial charge in [0.25, 0.3) is 0 Å². The van der Waals surface area contributed by atoms with Crippen molar-refractivity contribution in [2.75, 3.05) is 13.2 Å². The highest BCUT2D eigenvalue weighted by Crippen LogP contribution is 2.44. The molecule has 1 aliphatic carbocycles. The predicted octanol–water partition coefficient (Wildman–Crippen LogP) is 3.92. The molecule has 3 rings (SSSR count). The van der Waals surface area contributed by atoms with Crippen LogP contribution < -0.4 is 10.6 Å². The second kappa shape index (κ2) is 9.85. The molecule has 2 aromatic rings. The smallest absolute Gasteiger partial charge is 0.407 e. The Bertz CT molecular complexity index is 950. The van der Waals surface area contributed by atoms with E-state index in [4.69, 9.17) is 9.84 Å². The van der Waals surface area contributed by atoms with Gasteiger partial charge in [-0.05, 0) is 27.7 Å². The molecule has 0 radical (unpaired) electrons. The van der Waals surface area contributed by atoms with Crippen molar-refractivity contribution in [1.82, 2.24) is 10.6 Å². The first-order valence-electron chi connectivity index (χ1n) is 10.8. The van der Waals surface area contributed by atoms with Gasteiger partial charge in [-0.1, -0.05) is 69.3 Å². The molecule has 2 amide bonds. The van der Waals surface area contributed by atoms with E-state index in [9.17, 15) is 14.4 Å². The van der Waals surface area contributed by atoms with Crippen molar-refractivity contribution in [1.29, 1.82) is 0 Å². The van der Waals surface area contributed by atoms with Crippen molar-refractivity contribution in [3.63, 3.8) is 0 Å². The van der Waals surface area contributed by atoms with Crippen LogP contribution in [0.3, 0.4) is 0 Å². The Morgan fingerprint density at radius 1 is 1.00 bits per heavy atom. The lowest BCUT2D eigenvalue weighted by Gasteiger charge is -2.31. The molecular formula is C25H30N2O5. The van der Waals surface area contributed by atoms with Crippen molar-refractivity contribution < 1.29 is 24.2 Å². The number of rotatable bonds is 8. The monoisotopic (exact) mass is 438 g/mol. The molecule has 0 saturated carbocycles. The molecule has 0 spiro atoms. The van der Waals surface area contributed by atoms with Crippen LogP contribution in [0.4, 0.5) is 4.79 Å². The highest BCUT2D eigenvalue weighted by molar-refractivity contribution is 5.80. The first kappa shape index (κ1) is 23.3. The number of alkyl carbamates (subject to hydrolysis) is 1. The van der Waals surface area contributed by atoms with E-state index in [0.29, 0.717) is 0 Å². The van der Waals surface area contributed by atoms with Crippen molar-refractivity contribution >= 4 is 18.0 Å². The van der Waals surface area contributed by atoms with Gasteiger partial charge in [0.1, 0.15) is 6.61 Å². The fourth-order valence-electron chi connectivity index (χ4n) is 3.92. The number of amides is 2. The zero-order chi connectivity index (χ0) is 23.3. The molecule has 170 valence electrons. The molecule has 7 nitrogen and oxygen atoms in total. The lowest BCUT2D eigenvalue weighted by molar-refractivity contribution is -0.136. The Morgan fingerprint density at radius 3 is 2.09 bits per heavy atom. The van der Waals surface area contributed by atoms with Crippen LogP contribution in [0.1, 0.15) is 50.7 Å². The van der Waals surface area contributed by atoms with Gasteiger partial charge in [-0.25, -0.2) is 4.79 Å². The first-order valence-corrected chi connectivity index (χ1v) is 10.8. The van der Waals surface area contributed by atoms with E-state index >= 15 is 0 Å². The maximum Gasteiger partial charge on any atom is 0.407 e. The summed E-state index contributed by atoms with van der Waals surface area (Å²) in [6.07, 6.45) is -0.691. The highest BCUT2D eigenvalue weighted by Gasteiger charge is 2.31. The minimum Gasteiger partial charge on any atom is -0.481 e. The van der Waals surface area contributed by atoms with Gasteiger partial charge in [0, 0.05) is 24.9 Å². The highest BCUT2D eigenvalue weighted by atomic mass is 16.5. The number of nitrogens with one attached hydrogen (secondary N) is 2. The van der Waals surface area contributed by atoms with Gasteiger partial charge in [-0.15, -0.1) is 0 Å². The second-order valence-corrected chi connectivity index (χ2v) is 9.09. The molecule has 1 atom stereocenters. The molecule has 7 heteroatoms. The molecule has 0 aromatic heterocycles. The Morgan fingerprint density at radius 2 is 1.56 bits per heavy atom. The maximum absolute atomic E-state index is 12.6. The van der Waals surface area contributed by atoms with Crippen LogP contribution in [-0.2, 0) is 14.3 Å². The quantitative estimate of drug-likeness (QED) is 0.579. The zero-order valence-corrected chi connectivity index (χ0v) is 18.7. The number of carbonyl (C=O) groups is 3. The van der Waals surface area contributed by atoms with Crippen molar-refractivity contribution in [2.24, 2.45) is 5.41 Å². The molecule has 32 heavy (non-hydrogen) atoms. The van der Waals surface area contributed by atoms with Crippen LogP contribution >= 0.6 is 0 Å². The molecule has 0 aliphatic heterocycles. The fraction of sp³-hybridized carbons (Fsp3) is 0.400.